The molecule has 0 atom stereocenters. The van der Waals surface area contributed by atoms with Crippen LogP contribution in [0.3, 0.4) is 0 Å². The predicted octanol–water partition coefficient (Wildman–Crippen LogP) is 2.77. The van der Waals surface area contributed by atoms with E-state index in [-0.39, 0.29) is 0 Å². The van der Waals surface area contributed by atoms with Crippen molar-refractivity contribution < 1.29 is 17.9 Å². The molecule has 0 saturated heterocycles. The lowest BCUT2D eigenvalue weighted by Gasteiger charge is -2.04. The fourth-order valence-electron chi connectivity index (χ4n) is 0.730. The summed E-state index contributed by atoms with van der Waals surface area (Å²) in [6.45, 7) is 0. The standard InChI is InChI=1S/C7H4ClF3O/c1-12-7-5(10)3(8)2-4(9)6(7)11/h2H,1H3. The molecule has 66 valence electrons. The minimum atomic E-state index is -1.38. The first-order chi connectivity index (χ1) is 5.57. The summed E-state index contributed by atoms with van der Waals surface area (Å²) >= 11 is 5.21. The number of methoxy groups -OCH3 is 1. The summed E-state index contributed by atoms with van der Waals surface area (Å²) in [4.78, 5) is 0. The van der Waals surface area contributed by atoms with Crippen molar-refractivity contribution in [1.29, 1.82) is 0 Å². The minimum Gasteiger partial charge on any atom is -0.491 e. The second-order valence-electron chi connectivity index (χ2n) is 2.00. The Balaban J connectivity index is 3.42. The van der Waals surface area contributed by atoms with Crippen LogP contribution in [-0.2, 0) is 0 Å². The molecular formula is C7H4ClF3O. The van der Waals surface area contributed by atoms with Crippen LogP contribution in [-0.4, -0.2) is 7.11 Å². The zero-order chi connectivity index (χ0) is 9.30. The Kier molecular flexibility index (Phi) is 2.47. The molecule has 5 heteroatoms. The summed E-state index contributed by atoms with van der Waals surface area (Å²) in [7, 11) is 1.03. The van der Waals surface area contributed by atoms with Crippen molar-refractivity contribution in [2.45, 2.75) is 0 Å². The number of halogens is 4. The van der Waals surface area contributed by atoms with Crippen LogP contribution in [0.15, 0.2) is 6.07 Å². The van der Waals surface area contributed by atoms with E-state index in [1.165, 1.54) is 0 Å². The first kappa shape index (κ1) is 9.19. The summed E-state index contributed by atoms with van der Waals surface area (Å²) in [6.07, 6.45) is 0. The van der Waals surface area contributed by atoms with Crippen molar-refractivity contribution in [3.63, 3.8) is 0 Å². The summed E-state index contributed by atoms with van der Waals surface area (Å²) in [5, 5.41) is -0.509. The fourth-order valence-corrected chi connectivity index (χ4v) is 0.912. The van der Waals surface area contributed by atoms with Gasteiger partial charge in [-0.15, -0.1) is 0 Å². The molecule has 1 rings (SSSR count). The van der Waals surface area contributed by atoms with Crippen LogP contribution in [0.1, 0.15) is 0 Å². The number of hydrogen-bond acceptors (Lipinski definition) is 1. The van der Waals surface area contributed by atoms with Crippen molar-refractivity contribution in [2.24, 2.45) is 0 Å². The van der Waals surface area contributed by atoms with Gasteiger partial charge in [0.1, 0.15) is 0 Å². The van der Waals surface area contributed by atoms with Gasteiger partial charge >= 0.3 is 0 Å². The largest absolute Gasteiger partial charge is 0.491 e. The van der Waals surface area contributed by atoms with Crippen LogP contribution in [0.25, 0.3) is 0 Å². The van der Waals surface area contributed by atoms with Crippen molar-refractivity contribution in [1.82, 2.24) is 0 Å². The van der Waals surface area contributed by atoms with Crippen LogP contribution >= 0.6 is 11.6 Å². The van der Waals surface area contributed by atoms with Crippen LogP contribution in [0.2, 0.25) is 5.02 Å². The van der Waals surface area contributed by atoms with Crippen molar-refractivity contribution in [3.05, 3.63) is 28.5 Å². The van der Waals surface area contributed by atoms with E-state index in [9.17, 15) is 13.2 Å². The molecule has 0 unspecified atom stereocenters. The van der Waals surface area contributed by atoms with E-state index in [4.69, 9.17) is 11.6 Å². The summed E-state index contributed by atoms with van der Waals surface area (Å²) < 4.78 is 42.2. The lowest BCUT2D eigenvalue weighted by atomic mass is 10.3. The Morgan fingerprint density at radius 3 is 2.33 bits per heavy atom. The highest BCUT2D eigenvalue weighted by Gasteiger charge is 2.17. The number of rotatable bonds is 1. The van der Waals surface area contributed by atoms with Gasteiger partial charge < -0.3 is 4.74 Å². The number of benzene rings is 1. The van der Waals surface area contributed by atoms with Crippen molar-refractivity contribution in [2.75, 3.05) is 7.11 Å². The molecule has 0 amide bonds. The van der Waals surface area contributed by atoms with E-state index in [0.717, 1.165) is 7.11 Å². The molecule has 0 aliphatic rings. The van der Waals surface area contributed by atoms with Gasteiger partial charge in [-0.2, -0.15) is 4.39 Å². The van der Waals surface area contributed by atoms with Gasteiger partial charge in [-0.1, -0.05) is 11.6 Å². The molecule has 0 bridgehead atoms. The number of ether oxygens (including phenoxy) is 1. The van der Waals surface area contributed by atoms with Crippen LogP contribution in [0.5, 0.6) is 5.75 Å². The van der Waals surface area contributed by atoms with Gasteiger partial charge in [0.25, 0.3) is 0 Å². The smallest absolute Gasteiger partial charge is 0.203 e. The Morgan fingerprint density at radius 2 is 1.83 bits per heavy atom. The highest BCUT2D eigenvalue weighted by Crippen LogP contribution is 2.29. The Morgan fingerprint density at radius 1 is 1.25 bits per heavy atom. The first-order valence-corrected chi connectivity index (χ1v) is 3.32. The minimum absolute atomic E-state index is 0.509. The fraction of sp³-hybridized carbons (Fsp3) is 0.143. The highest BCUT2D eigenvalue weighted by atomic mass is 35.5. The average Bonchev–Trinajstić information content (AvgIpc) is 2.02. The van der Waals surface area contributed by atoms with E-state index in [2.05, 4.69) is 4.74 Å². The van der Waals surface area contributed by atoms with Crippen molar-refractivity contribution in [3.8, 4) is 5.75 Å². The van der Waals surface area contributed by atoms with Crippen molar-refractivity contribution >= 4 is 11.6 Å². The Bertz CT molecular complexity index is 288. The van der Waals surface area contributed by atoms with E-state index in [1.807, 2.05) is 0 Å². The van der Waals surface area contributed by atoms with E-state index in [1.54, 1.807) is 0 Å². The molecule has 0 saturated carbocycles. The van der Waals surface area contributed by atoms with E-state index >= 15 is 0 Å². The Labute approximate surface area is 71.7 Å². The average molecular weight is 197 g/mol. The summed E-state index contributed by atoms with van der Waals surface area (Å²) in [5.41, 5.74) is 0. The van der Waals surface area contributed by atoms with Gasteiger partial charge in [-0.3, -0.25) is 0 Å². The molecule has 0 aliphatic heterocycles. The molecule has 1 nitrogen and oxygen atoms in total. The summed E-state index contributed by atoms with van der Waals surface area (Å²) in [6, 6.07) is 0.550. The molecule has 0 fully saturated rings. The molecule has 1 aromatic rings. The molecule has 1 aromatic carbocycles. The van der Waals surface area contributed by atoms with Crippen LogP contribution in [0, 0.1) is 17.5 Å². The maximum absolute atomic E-state index is 12.8. The van der Waals surface area contributed by atoms with Gasteiger partial charge in [0.15, 0.2) is 17.4 Å². The van der Waals surface area contributed by atoms with E-state index < -0.39 is 28.2 Å². The second kappa shape index (κ2) is 3.23. The molecule has 0 aliphatic carbocycles. The monoisotopic (exact) mass is 196 g/mol. The maximum atomic E-state index is 12.8. The third-order valence-corrected chi connectivity index (χ3v) is 1.55. The molecule has 0 radical (unpaired) electrons. The molecule has 0 spiro atoms. The molecular weight excluding hydrogens is 193 g/mol. The molecule has 0 aromatic heterocycles. The maximum Gasteiger partial charge on any atom is 0.203 e. The van der Waals surface area contributed by atoms with Crippen LogP contribution < -0.4 is 4.74 Å². The second-order valence-corrected chi connectivity index (χ2v) is 2.41. The first-order valence-electron chi connectivity index (χ1n) is 2.95. The highest BCUT2D eigenvalue weighted by molar-refractivity contribution is 6.30. The van der Waals surface area contributed by atoms with Gasteiger partial charge in [0.05, 0.1) is 12.1 Å². The molecule has 12 heavy (non-hydrogen) atoms. The third kappa shape index (κ3) is 1.34. The lowest BCUT2D eigenvalue weighted by molar-refractivity contribution is 0.347. The normalized spacial score (nSPS) is 10.1. The zero-order valence-corrected chi connectivity index (χ0v) is 6.75. The Hall–Kier alpha value is -0.900. The topological polar surface area (TPSA) is 9.23 Å². The predicted molar refractivity (Wildman–Crippen MR) is 37.9 cm³/mol. The zero-order valence-electron chi connectivity index (χ0n) is 6.00. The molecule has 0 heterocycles. The number of hydrogen-bond donors (Lipinski definition) is 0. The molecule has 0 N–H and O–H groups in total. The third-order valence-electron chi connectivity index (χ3n) is 1.28. The SMILES string of the molecule is COc1c(F)c(F)cc(Cl)c1F. The van der Waals surface area contributed by atoms with Gasteiger partial charge in [-0.25, -0.2) is 8.78 Å². The van der Waals surface area contributed by atoms with E-state index in [0.29, 0.717) is 6.07 Å². The van der Waals surface area contributed by atoms with Gasteiger partial charge in [0, 0.05) is 0 Å². The van der Waals surface area contributed by atoms with Gasteiger partial charge in [0.2, 0.25) is 5.82 Å². The lowest BCUT2D eigenvalue weighted by Crippen LogP contribution is -1.96. The summed E-state index contributed by atoms with van der Waals surface area (Å²) in [5.74, 6) is -4.52. The quantitative estimate of drug-likeness (QED) is 0.628. The van der Waals surface area contributed by atoms with Gasteiger partial charge in [-0.05, 0) is 6.07 Å². The van der Waals surface area contributed by atoms with Crippen LogP contribution in [0.4, 0.5) is 13.2 Å².